The van der Waals surface area contributed by atoms with E-state index in [0.717, 1.165) is 11.7 Å². The van der Waals surface area contributed by atoms with E-state index in [9.17, 15) is 0 Å². The van der Waals surface area contributed by atoms with Gasteiger partial charge in [0, 0.05) is 24.4 Å². The maximum Gasteiger partial charge on any atom is 0.0545 e. The average molecular weight is 252 g/mol. The highest BCUT2D eigenvalue weighted by Gasteiger charge is 2.42. The van der Waals surface area contributed by atoms with E-state index in [1.165, 1.54) is 51.2 Å². The van der Waals surface area contributed by atoms with Crippen molar-refractivity contribution in [2.24, 2.45) is 5.92 Å². The maximum absolute atomic E-state index is 5.27. The Kier molecular flexibility index (Phi) is 4.78. The Labute approximate surface area is 110 Å². The first-order chi connectivity index (χ1) is 8.24. The third kappa shape index (κ3) is 3.91. The molecule has 2 nitrogen and oxygen atoms in total. The molecule has 3 heteroatoms. The minimum Gasteiger partial charge on any atom is -0.310 e. The number of rotatable bonds is 5. The Morgan fingerprint density at radius 2 is 2.35 bits per heavy atom. The summed E-state index contributed by atoms with van der Waals surface area (Å²) in [6.07, 6.45) is 9.39. The fourth-order valence-electron chi connectivity index (χ4n) is 2.79. The maximum atomic E-state index is 5.27. The molecule has 2 rings (SSSR count). The van der Waals surface area contributed by atoms with E-state index in [-0.39, 0.29) is 0 Å². The molecule has 2 fully saturated rings. The smallest absolute Gasteiger partial charge is 0.0545 e. The van der Waals surface area contributed by atoms with Crippen LogP contribution >= 0.6 is 11.8 Å². The summed E-state index contributed by atoms with van der Waals surface area (Å²) in [6, 6.07) is 0. The number of nitrogens with zero attached hydrogens (tertiary/aromatic N) is 1. The van der Waals surface area contributed by atoms with Crippen molar-refractivity contribution in [2.45, 2.75) is 31.7 Å². The summed E-state index contributed by atoms with van der Waals surface area (Å²) in [5.41, 5.74) is 0.368. The standard InChI is InChI=1S/C14H24N2S/c1-3-10-17-11-9-16-8-4-7-15-14(2,12-16)13-5-6-13/h1,13,15H,4-12H2,2H3. The van der Waals surface area contributed by atoms with Crippen LogP contribution in [0.15, 0.2) is 0 Å². The normalized spacial score (nSPS) is 30.8. The molecular formula is C14H24N2S. The summed E-state index contributed by atoms with van der Waals surface area (Å²) in [7, 11) is 0. The number of thioether (sulfide) groups is 1. The van der Waals surface area contributed by atoms with Crippen LogP contribution in [0.1, 0.15) is 26.2 Å². The summed E-state index contributed by atoms with van der Waals surface area (Å²) in [5.74, 6) is 5.64. The Hall–Kier alpha value is -0.170. The molecule has 17 heavy (non-hydrogen) atoms. The third-order valence-corrected chi connectivity index (χ3v) is 4.79. The Morgan fingerprint density at radius 1 is 1.53 bits per heavy atom. The number of hydrogen-bond donors (Lipinski definition) is 1. The first-order valence-corrected chi connectivity index (χ1v) is 7.89. The van der Waals surface area contributed by atoms with E-state index >= 15 is 0 Å². The summed E-state index contributed by atoms with van der Waals surface area (Å²) in [4.78, 5) is 2.63. The van der Waals surface area contributed by atoms with Gasteiger partial charge in [-0.1, -0.05) is 5.92 Å². The van der Waals surface area contributed by atoms with Gasteiger partial charge in [-0.05, 0) is 45.2 Å². The summed E-state index contributed by atoms with van der Waals surface area (Å²) in [5, 5.41) is 3.77. The van der Waals surface area contributed by atoms with Crippen molar-refractivity contribution in [2.75, 3.05) is 37.7 Å². The molecule has 2 aliphatic rings. The molecule has 1 saturated carbocycles. The SMILES string of the molecule is C#CCSCCN1CCCNC(C)(C2CC2)C1. The first-order valence-electron chi connectivity index (χ1n) is 6.73. The number of terminal acetylenes is 1. The lowest BCUT2D eigenvalue weighted by Crippen LogP contribution is -2.51. The van der Waals surface area contributed by atoms with Gasteiger partial charge in [0.15, 0.2) is 0 Å². The van der Waals surface area contributed by atoms with E-state index in [0.29, 0.717) is 5.54 Å². The van der Waals surface area contributed by atoms with Gasteiger partial charge in [-0.3, -0.25) is 0 Å². The second-order valence-corrected chi connectivity index (χ2v) is 6.61. The second kappa shape index (κ2) is 6.13. The fraction of sp³-hybridized carbons (Fsp3) is 0.857. The van der Waals surface area contributed by atoms with Crippen LogP contribution in [-0.2, 0) is 0 Å². The number of nitrogens with one attached hydrogen (secondary N) is 1. The van der Waals surface area contributed by atoms with E-state index < -0.39 is 0 Å². The van der Waals surface area contributed by atoms with Gasteiger partial charge in [-0.25, -0.2) is 0 Å². The Balaban J connectivity index is 1.78. The molecule has 1 heterocycles. The zero-order chi connectivity index (χ0) is 12.1. The predicted molar refractivity (Wildman–Crippen MR) is 76.3 cm³/mol. The molecule has 0 bridgehead atoms. The van der Waals surface area contributed by atoms with Gasteiger partial charge in [0.1, 0.15) is 0 Å². The zero-order valence-electron chi connectivity index (χ0n) is 10.9. The highest BCUT2D eigenvalue weighted by Crippen LogP contribution is 2.40. The van der Waals surface area contributed by atoms with Gasteiger partial charge in [-0.2, -0.15) is 0 Å². The molecule has 1 saturated heterocycles. The van der Waals surface area contributed by atoms with Crippen molar-refractivity contribution in [3.63, 3.8) is 0 Å². The highest BCUT2D eigenvalue weighted by molar-refractivity contribution is 7.99. The number of hydrogen-bond acceptors (Lipinski definition) is 3. The predicted octanol–water partition coefficient (Wildman–Crippen LogP) is 1.82. The molecule has 1 aliphatic heterocycles. The van der Waals surface area contributed by atoms with Crippen LogP contribution in [0.4, 0.5) is 0 Å². The van der Waals surface area contributed by atoms with Crippen molar-refractivity contribution in [3.05, 3.63) is 0 Å². The molecule has 0 aromatic heterocycles. The van der Waals surface area contributed by atoms with E-state index in [1.807, 2.05) is 11.8 Å². The zero-order valence-corrected chi connectivity index (χ0v) is 11.7. The summed E-state index contributed by atoms with van der Waals surface area (Å²) >= 11 is 1.88. The molecule has 1 aliphatic carbocycles. The van der Waals surface area contributed by atoms with Gasteiger partial charge in [0.25, 0.3) is 0 Å². The van der Waals surface area contributed by atoms with Crippen LogP contribution in [0.25, 0.3) is 0 Å². The van der Waals surface area contributed by atoms with Crippen LogP contribution in [0.5, 0.6) is 0 Å². The van der Waals surface area contributed by atoms with Crippen molar-refractivity contribution in [1.29, 1.82) is 0 Å². The van der Waals surface area contributed by atoms with E-state index in [4.69, 9.17) is 6.42 Å². The molecule has 0 spiro atoms. The Bertz CT molecular complexity index is 282. The lowest BCUT2D eigenvalue weighted by Gasteiger charge is -2.33. The van der Waals surface area contributed by atoms with Crippen LogP contribution in [0.2, 0.25) is 0 Å². The molecular weight excluding hydrogens is 228 g/mol. The van der Waals surface area contributed by atoms with Crippen molar-refractivity contribution in [3.8, 4) is 12.3 Å². The lowest BCUT2D eigenvalue weighted by atomic mass is 9.95. The third-order valence-electron chi connectivity index (χ3n) is 3.95. The average Bonchev–Trinajstić information content (AvgIpc) is 3.12. The minimum absolute atomic E-state index is 0.368. The summed E-state index contributed by atoms with van der Waals surface area (Å²) in [6.45, 7) is 7.25. The van der Waals surface area contributed by atoms with Gasteiger partial charge < -0.3 is 10.2 Å². The molecule has 0 aromatic carbocycles. The topological polar surface area (TPSA) is 15.3 Å². The second-order valence-electron chi connectivity index (χ2n) is 5.50. The van der Waals surface area contributed by atoms with Gasteiger partial charge in [-0.15, -0.1) is 18.2 Å². The molecule has 0 amide bonds. The quantitative estimate of drug-likeness (QED) is 0.593. The van der Waals surface area contributed by atoms with Crippen molar-refractivity contribution in [1.82, 2.24) is 10.2 Å². The molecule has 0 radical (unpaired) electrons. The highest BCUT2D eigenvalue weighted by atomic mass is 32.2. The van der Waals surface area contributed by atoms with Crippen molar-refractivity contribution >= 4 is 11.8 Å². The van der Waals surface area contributed by atoms with Crippen molar-refractivity contribution < 1.29 is 0 Å². The minimum atomic E-state index is 0.368. The van der Waals surface area contributed by atoms with E-state index in [1.54, 1.807) is 0 Å². The molecule has 1 N–H and O–H groups in total. The largest absolute Gasteiger partial charge is 0.310 e. The van der Waals surface area contributed by atoms with Crippen LogP contribution in [0.3, 0.4) is 0 Å². The monoisotopic (exact) mass is 252 g/mol. The Morgan fingerprint density at radius 3 is 3.06 bits per heavy atom. The lowest BCUT2D eigenvalue weighted by molar-refractivity contribution is 0.210. The van der Waals surface area contributed by atoms with Gasteiger partial charge in [0.2, 0.25) is 0 Å². The molecule has 96 valence electrons. The summed E-state index contributed by atoms with van der Waals surface area (Å²) < 4.78 is 0. The molecule has 1 atom stereocenters. The fourth-order valence-corrected chi connectivity index (χ4v) is 3.44. The van der Waals surface area contributed by atoms with E-state index in [2.05, 4.69) is 23.1 Å². The van der Waals surface area contributed by atoms with Gasteiger partial charge >= 0.3 is 0 Å². The molecule has 1 unspecified atom stereocenters. The first kappa shape index (κ1) is 13.3. The molecule has 0 aromatic rings. The van der Waals surface area contributed by atoms with Crippen LogP contribution < -0.4 is 5.32 Å². The van der Waals surface area contributed by atoms with Crippen LogP contribution in [0, 0.1) is 18.3 Å². The van der Waals surface area contributed by atoms with Gasteiger partial charge in [0.05, 0.1) is 5.75 Å². The van der Waals surface area contributed by atoms with Crippen LogP contribution in [-0.4, -0.2) is 48.1 Å².